The average molecular weight is 652 g/mol. The molecule has 0 unspecified atom stereocenters. The number of carbonyl (C=O) groups excluding carboxylic acids is 1. The van der Waals surface area contributed by atoms with Crippen LogP contribution in [0.5, 0.6) is 5.88 Å². The molecule has 3 aromatic rings. The summed E-state index contributed by atoms with van der Waals surface area (Å²) in [6.07, 6.45) is -4.31. The zero-order valence-electron chi connectivity index (χ0n) is 23.8. The Hall–Kier alpha value is -3.10. The molecule has 0 aliphatic carbocycles. The van der Waals surface area contributed by atoms with Gasteiger partial charge >= 0.3 is 12.2 Å². The minimum Gasteiger partial charge on any atom is -0.475 e. The molecule has 4 rings (SSSR count). The number of methoxy groups -OCH3 is 1. The second-order valence-electron chi connectivity index (χ2n) is 9.63. The van der Waals surface area contributed by atoms with E-state index in [2.05, 4.69) is 25.9 Å². The second-order valence-corrected chi connectivity index (χ2v) is 9.63. The lowest BCUT2D eigenvalue weighted by Gasteiger charge is -2.26. The quantitative estimate of drug-likeness (QED) is 0.182. The van der Waals surface area contributed by atoms with Crippen molar-refractivity contribution in [1.82, 2.24) is 20.0 Å². The van der Waals surface area contributed by atoms with Gasteiger partial charge < -0.3 is 20.1 Å². The number of aryl methyl sites for hydroxylation is 1. The number of para-hydroxylation sites is 1. The summed E-state index contributed by atoms with van der Waals surface area (Å²) in [6, 6.07) is 9.65. The number of carbonyl (C=O) groups is 1. The van der Waals surface area contributed by atoms with Crippen LogP contribution in [0.2, 0.25) is 0 Å². The molecule has 15 heteroatoms. The van der Waals surface area contributed by atoms with E-state index in [0.717, 1.165) is 32.2 Å². The molecule has 0 spiro atoms. The Morgan fingerprint density at radius 1 is 1.07 bits per heavy atom. The normalized spacial score (nSPS) is 13.5. The van der Waals surface area contributed by atoms with E-state index in [9.17, 15) is 22.4 Å². The summed E-state index contributed by atoms with van der Waals surface area (Å²) in [5, 5.41) is 13.0. The molecule has 1 aliphatic heterocycles. The van der Waals surface area contributed by atoms with Gasteiger partial charge in [-0.1, -0.05) is 18.2 Å². The number of benzene rings is 2. The first-order valence-corrected chi connectivity index (χ1v) is 13.3. The molecule has 2 aromatic carbocycles. The van der Waals surface area contributed by atoms with Crippen LogP contribution in [0.1, 0.15) is 23.1 Å². The number of hydrogen-bond acceptors (Lipinski definition) is 6. The third kappa shape index (κ3) is 9.70. The molecular formula is C28H36Cl2F4N6O3. The second kappa shape index (κ2) is 16.7. The zero-order chi connectivity index (χ0) is 29.4. The molecule has 0 radical (unpaired) electrons. The number of halogens is 6. The molecule has 0 atom stereocenters. The molecule has 1 fully saturated rings. The molecule has 238 valence electrons. The Morgan fingerprint density at radius 2 is 1.77 bits per heavy atom. The number of aromatic nitrogens is 2. The van der Waals surface area contributed by atoms with E-state index in [1.54, 1.807) is 19.1 Å². The highest BCUT2D eigenvalue weighted by Gasteiger charge is 2.35. The van der Waals surface area contributed by atoms with Crippen molar-refractivity contribution < 1.29 is 31.8 Å². The highest BCUT2D eigenvalue weighted by molar-refractivity contribution is 6.00. The van der Waals surface area contributed by atoms with E-state index in [1.165, 1.54) is 11.8 Å². The van der Waals surface area contributed by atoms with Crippen molar-refractivity contribution in [2.24, 2.45) is 0 Å². The van der Waals surface area contributed by atoms with E-state index >= 15 is 0 Å². The van der Waals surface area contributed by atoms with Crippen LogP contribution < -0.4 is 20.7 Å². The third-order valence-electron chi connectivity index (χ3n) is 6.71. The molecule has 1 aliphatic rings. The van der Waals surface area contributed by atoms with Crippen molar-refractivity contribution in [2.75, 3.05) is 63.7 Å². The highest BCUT2D eigenvalue weighted by atomic mass is 35.5. The van der Waals surface area contributed by atoms with Gasteiger partial charge in [-0.05, 0) is 49.6 Å². The van der Waals surface area contributed by atoms with Crippen LogP contribution in [0.15, 0.2) is 42.5 Å². The third-order valence-corrected chi connectivity index (χ3v) is 6.71. The topological polar surface area (TPSA) is 92.7 Å². The summed E-state index contributed by atoms with van der Waals surface area (Å²) in [7, 11) is 1.49. The lowest BCUT2D eigenvalue weighted by atomic mass is 10.0. The summed E-state index contributed by atoms with van der Waals surface area (Å²) in [5.41, 5.74) is -0.214. The van der Waals surface area contributed by atoms with Crippen LogP contribution in [0.3, 0.4) is 0 Å². The standard InChI is InChI=1S/C28H34F4N6O3.2ClH/c1-19-25(35-27(39)34-24-18-22(28(30,31)32)23(29)17-20(24)7-6-15-40-2)38(21-8-4-3-5-9-21)36-26(19)41-16-14-37-12-10-33-11-13-37;;/h3-5,8-9,17-18,33H,6-7,10-16H2,1-2H3,(H2,34,35,39);2*1H. The Bertz CT molecular complexity index is 1320. The van der Waals surface area contributed by atoms with Crippen molar-refractivity contribution in [3.8, 4) is 11.6 Å². The van der Waals surface area contributed by atoms with Crippen LogP contribution in [0.25, 0.3) is 5.69 Å². The number of alkyl halides is 3. The molecule has 9 nitrogen and oxygen atoms in total. The summed E-state index contributed by atoms with van der Waals surface area (Å²) < 4.78 is 67.2. The minimum atomic E-state index is -4.93. The number of urea groups is 1. The monoisotopic (exact) mass is 650 g/mol. The summed E-state index contributed by atoms with van der Waals surface area (Å²) >= 11 is 0. The van der Waals surface area contributed by atoms with Gasteiger partial charge in [0.25, 0.3) is 0 Å². The average Bonchev–Trinajstić information content (AvgIpc) is 3.25. The van der Waals surface area contributed by atoms with E-state index in [0.29, 0.717) is 49.4 Å². The van der Waals surface area contributed by atoms with Crippen LogP contribution in [0.4, 0.5) is 33.9 Å². The number of nitrogens with zero attached hydrogens (tertiary/aromatic N) is 3. The van der Waals surface area contributed by atoms with Gasteiger partial charge in [0.15, 0.2) is 0 Å². The first kappa shape index (κ1) is 36.1. The largest absolute Gasteiger partial charge is 0.475 e. The number of anilines is 2. The van der Waals surface area contributed by atoms with Gasteiger partial charge in [-0.2, -0.15) is 13.2 Å². The smallest absolute Gasteiger partial charge is 0.419 e. The number of amides is 2. The maximum absolute atomic E-state index is 14.3. The van der Waals surface area contributed by atoms with Crippen molar-refractivity contribution in [1.29, 1.82) is 0 Å². The Kier molecular flexibility index (Phi) is 14.0. The predicted octanol–water partition coefficient (Wildman–Crippen LogP) is 5.69. The van der Waals surface area contributed by atoms with Crippen LogP contribution >= 0.6 is 24.8 Å². The fourth-order valence-corrected chi connectivity index (χ4v) is 4.54. The molecule has 1 aromatic heterocycles. The minimum absolute atomic E-state index is 0. The molecule has 2 heterocycles. The van der Waals surface area contributed by atoms with E-state index in [1.807, 2.05) is 18.2 Å². The van der Waals surface area contributed by atoms with Gasteiger partial charge in [0.1, 0.15) is 18.2 Å². The molecule has 43 heavy (non-hydrogen) atoms. The van der Waals surface area contributed by atoms with Gasteiger partial charge in [-0.3, -0.25) is 10.2 Å². The van der Waals surface area contributed by atoms with Crippen LogP contribution in [-0.2, 0) is 17.3 Å². The number of hydrogen-bond donors (Lipinski definition) is 3. The van der Waals surface area contributed by atoms with Gasteiger partial charge in [0.05, 0.1) is 16.8 Å². The highest BCUT2D eigenvalue weighted by Crippen LogP contribution is 2.35. The Morgan fingerprint density at radius 3 is 2.42 bits per heavy atom. The molecule has 1 saturated heterocycles. The van der Waals surface area contributed by atoms with Gasteiger partial charge in [0.2, 0.25) is 5.88 Å². The van der Waals surface area contributed by atoms with E-state index < -0.39 is 23.6 Å². The molecule has 3 N–H and O–H groups in total. The maximum Gasteiger partial charge on any atom is 0.419 e. The maximum atomic E-state index is 14.3. The number of piperazine rings is 1. The van der Waals surface area contributed by atoms with Gasteiger partial charge in [-0.25, -0.2) is 13.9 Å². The van der Waals surface area contributed by atoms with Gasteiger partial charge in [-0.15, -0.1) is 29.9 Å². The first-order valence-electron chi connectivity index (χ1n) is 13.3. The Balaban J connectivity index is 0.00000323. The number of ether oxygens (including phenoxy) is 2. The lowest BCUT2D eigenvalue weighted by Crippen LogP contribution is -2.44. The van der Waals surface area contributed by atoms with Gasteiger partial charge in [0, 0.05) is 52.1 Å². The molecular weight excluding hydrogens is 615 g/mol. The zero-order valence-corrected chi connectivity index (χ0v) is 25.4. The van der Waals surface area contributed by atoms with Crippen LogP contribution in [0, 0.1) is 12.7 Å². The van der Waals surface area contributed by atoms with Crippen LogP contribution in [-0.4, -0.2) is 73.8 Å². The predicted molar refractivity (Wildman–Crippen MR) is 162 cm³/mol. The fourth-order valence-electron chi connectivity index (χ4n) is 4.54. The van der Waals surface area contributed by atoms with Crippen molar-refractivity contribution in [3.63, 3.8) is 0 Å². The Labute approximate surface area is 260 Å². The fraction of sp³-hybridized carbons (Fsp3) is 0.429. The summed E-state index contributed by atoms with van der Waals surface area (Å²) in [4.78, 5) is 15.4. The van der Waals surface area contributed by atoms with E-state index in [4.69, 9.17) is 9.47 Å². The van der Waals surface area contributed by atoms with Crippen molar-refractivity contribution in [3.05, 3.63) is 65.0 Å². The number of rotatable bonds is 11. The molecule has 0 bridgehead atoms. The summed E-state index contributed by atoms with van der Waals surface area (Å²) in [6.45, 7) is 6.81. The molecule has 2 amide bonds. The van der Waals surface area contributed by atoms with Crippen molar-refractivity contribution in [2.45, 2.75) is 25.9 Å². The molecule has 0 saturated carbocycles. The first-order chi connectivity index (χ1) is 19.7. The summed E-state index contributed by atoms with van der Waals surface area (Å²) in [5.74, 6) is -0.804. The van der Waals surface area contributed by atoms with E-state index in [-0.39, 0.29) is 48.3 Å². The van der Waals surface area contributed by atoms with Crippen molar-refractivity contribution >= 4 is 42.4 Å². The lowest BCUT2D eigenvalue weighted by molar-refractivity contribution is -0.139. The SMILES string of the molecule is COCCCc1cc(F)c(C(F)(F)F)cc1NC(=O)Nc1c(C)c(OCCN2CCNCC2)nn1-c1ccccc1.Cl.Cl. The number of nitrogens with one attached hydrogen (secondary N) is 3.